The number of carbonyl (C=O) groups excluding carboxylic acids is 4. The standard InChI is InChI=1S/C13H24O6.C12H22O6/c1-11(15)5-4-9-18-12(16)6-2-3-7-13(17)19-10-8-14;13-7-3-4-9-17-11(15)5-1-2-6-12(16)18-10-8-14/h11,14-15H,2-10H2,1H3;13-14H,1-10H2. The van der Waals surface area contributed by atoms with E-state index in [0.717, 1.165) is 0 Å². The van der Waals surface area contributed by atoms with Gasteiger partial charge in [-0.05, 0) is 58.3 Å². The maximum absolute atomic E-state index is 11.3. The Bertz CT molecular complexity index is 580. The van der Waals surface area contributed by atoms with Crippen molar-refractivity contribution in [3.63, 3.8) is 0 Å². The lowest BCUT2D eigenvalue weighted by Gasteiger charge is -2.06. The van der Waals surface area contributed by atoms with E-state index in [0.29, 0.717) is 64.6 Å². The average Bonchev–Trinajstić information content (AvgIpc) is 2.87. The van der Waals surface area contributed by atoms with Gasteiger partial charge in [0, 0.05) is 32.3 Å². The van der Waals surface area contributed by atoms with Gasteiger partial charge in [-0.3, -0.25) is 19.2 Å². The highest BCUT2D eigenvalue weighted by atomic mass is 16.5. The third-order valence-corrected chi connectivity index (χ3v) is 4.58. The van der Waals surface area contributed by atoms with Crippen LogP contribution in [-0.4, -0.2) is 96.7 Å². The Morgan fingerprint density at radius 1 is 0.514 bits per heavy atom. The monoisotopic (exact) mass is 538 g/mol. The topological polar surface area (TPSA) is 186 Å². The second-order valence-electron chi connectivity index (χ2n) is 8.17. The first-order valence-corrected chi connectivity index (χ1v) is 12.9. The molecule has 0 aromatic rings. The van der Waals surface area contributed by atoms with Crippen LogP contribution in [0.3, 0.4) is 0 Å². The van der Waals surface area contributed by atoms with E-state index in [1.807, 2.05) is 0 Å². The van der Waals surface area contributed by atoms with E-state index in [1.165, 1.54) is 0 Å². The maximum Gasteiger partial charge on any atom is 0.305 e. The van der Waals surface area contributed by atoms with Crippen molar-refractivity contribution in [1.29, 1.82) is 0 Å². The van der Waals surface area contributed by atoms with E-state index in [4.69, 9.17) is 29.9 Å². The van der Waals surface area contributed by atoms with Crippen LogP contribution in [0.4, 0.5) is 0 Å². The molecule has 0 spiro atoms. The number of rotatable bonds is 22. The zero-order valence-corrected chi connectivity index (χ0v) is 22.1. The first-order valence-electron chi connectivity index (χ1n) is 12.9. The molecule has 0 radical (unpaired) electrons. The van der Waals surface area contributed by atoms with Crippen molar-refractivity contribution in [3.8, 4) is 0 Å². The van der Waals surface area contributed by atoms with Gasteiger partial charge in [0.05, 0.1) is 32.5 Å². The molecule has 4 N–H and O–H groups in total. The number of aliphatic hydroxyl groups is 4. The van der Waals surface area contributed by atoms with Crippen LogP contribution < -0.4 is 0 Å². The quantitative estimate of drug-likeness (QED) is 0.0877. The minimum absolute atomic E-state index is 0.0180. The molecule has 218 valence electrons. The van der Waals surface area contributed by atoms with Crippen molar-refractivity contribution in [2.24, 2.45) is 0 Å². The smallest absolute Gasteiger partial charge is 0.305 e. The number of hydrogen-bond acceptors (Lipinski definition) is 12. The molecule has 0 saturated carbocycles. The summed E-state index contributed by atoms with van der Waals surface area (Å²) < 4.78 is 19.2. The Morgan fingerprint density at radius 2 is 0.865 bits per heavy atom. The zero-order valence-electron chi connectivity index (χ0n) is 22.1. The summed E-state index contributed by atoms with van der Waals surface area (Å²) in [5.41, 5.74) is 0. The molecule has 12 nitrogen and oxygen atoms in total. The average molecular weight is 539 g/mol. The van der Waals surface area contributed by atoms with E-state index in [1.54, 1.807) is 6.92 Å². The van der Waals surface area contributed by atoms with E-state index < -0.39 is 0 Å². The molecule has 0 amide bonds. The van der Waals surface area contributed by atoms with Crippen LogP contribution in [0.5, 0.6) is 0 Å². The van der Waals surface area contributed by atoms with Gasteiger partial charge < -0.3 is 39.4 Å². The molecule has 0 aromatic carbocycles. The molecule has 0 bridgehead atoms. The van der Waals surface area contributed by atoms with Gasteiger partial charge in [0.1, 0.15) is 13.2 Å². The molecular weight excluding hydrogens is 492 g/mol. The second-order valence-corrected chi connectivity index (χ2v) is 8.17. The van der Waals surface area contributed by atoms with Crippen molar-refractivity contribution in [1.82, 2.24) is 0 Å². The Hall–Kier alpha value is -2.28. The van der Waals surface area contributed by atoms with E-state index in [-0.39, 0.29) is 88.7 Å². The van der Waals surface area contributed by atoms with Crippen LogP contribution in [0.1, 0.15) is 84.0 Å². The molecule has 0 fully saturated rings. The number of unbranched alkanes of at least 4 members (excludes halogenated alkanes) is 3. The Morgan fingerprint density at radius 3 is 1.19 bits per heavy atom. The van der Waals surface area contributed by atoms with E-state index in [9.17, 15) is 19.2 Å². The third kappa shape index (κ3) is 31.7. The van der Waals surface area contributed by atoms with Gasteiger partial charge in [0.15, 0.2) is 0 Å². The fourth-order valence-corrected chi connectivity index (χ4v) is 2.65. The SMILES string of the molecule is CC(O)CCCOC(=O)CCCCC(=O)OCCO.O=C(CCCCC(=O)OCCCCO)OCCO. The van der Waals surface area contributed by atoms with Crippen molar-refractivity contribution < 1.29 is 58.6 Å². The third-order valence-electron chi connectivity index (χ3n) is 4.58. The Labute approximate surface area is 219 Å². The largest absolute Gasteiger partial charge is 0.466 e. The lowest BCUT2D eigenvalue weighted by molar-refractivity contribution is -0.146. The van der Waals surface area contributed by atoms with Crippen LogP contribution >= 0.6 is 0 Å². The fourth-order valence-electron chi connectivity index (χ4n) is 2.65. The minimum atomic E-state index is -0.372. The van der Waals surface area contributed by atoms with Gasteiger partial charge >= 0.3 is 23.9 Å². The lowest BCUT2D eigenvalue weighted by atomic mass is 10.2. The summed E-state index contributed by atoms with van der Waals surface area (Å²) in [6.45, 7) is 2.14. The number of esters is 4. The van der Waals surface area contributed by atoms with Gasteiger partial charge in [-0.25, -0.2) is 0 Å². The predicted octanol–water partition coefficient (Wildman–Crippen LogP) is 1.18. The molecule has 0 aliphatic carbocycles. The molecule has 0 aliphatic rings. The molecule has 12 heteroatoms. The summed E-state index contributed by atoms with van der Waals surface area (Å²) in [6, 6.07) is 0. The molecule has 1 unspecified atom stereocenters. The lowest BCUT2D eigenvalue weighted by Crippen LogP contribution is -2.10. The summed E-state index contributed by atoms with van der Waals surface area (Å²) in [7, 11) is 0. The predicted molar refractivity (Wildman–Crippen MR) is 132 cm³/mol. The van der Waals surface area contributed by atoms with Crippen LogP contribution in [0, 0.1) is 0 Å². The highest BCUT2D eigenvalue weighted by Gasteiger charge is 2.07. The molecule has 0 aromatic heterocycles. The van der Waals surface area contributed by atoms with Crippen LogP contribution in [-0.2, 0) is 38.1 Å². The second kappa shape index (κ2) is 28.3. The van der Waals surface area contributed by atoms with Crippen LogP contribution in [0.15, 0.2) is 0 Å². The maximum atomic E-state index is 11.3. The van der Waals surface area contributed by atoms with Crippen molar-refractivity contribution in [2.45, 2.75) is 90.1 Å². The summed E-state index contributed by atoms with van der Waals surface area (Å²) in [6.07, 6.45) is 5.52. The van der Waals surface area contributed by atoms with Crippen molar-refractivity contribution >= 4 is 23.9 Å². The molecule has 0 rings (SSSR count). The molecule has 0 aliphatic heterocycles. The number of ether oxygens (including phenoxy) is 4. The van der Waals surface area contributed by atoms with Crippen LogP contribution in [0.2, 0.25) is 0 Å². The Balaban J connectivity index is 0. The summed E-state index contributed by atoms with van der Waals surface area (Å²) in [5, 5.41) is 34.4. The summed E-state index contributed by atoms with van der Waals surface area (Å²) >= 11 is 0. The molecule has 0 saturated heterocycles. The molecular formula is C25H46O12. The summed E-state index contributed by atoms with van der Waals surface area (Å²) in [5.74, 6) is -1.29. The summed E-state index contributed by atoms with van der Waals surface area (Å²) in [4.78, 5) is 44.5. The minimum Gasteiger partial charge on any atom is -0.466 e. The highest BCUT2D eigenvalue weighted by molar-refractivity contribution is 5.71. The number of carbonyl (C=O) groups is 4. The number of aliphatic hydroxyl groups excluding tert-OH is 4. The molecule has 0 heterocycles. The first-order chi connectivity index (χ1) is 17.8. The molecule has 1 atom stereocenters. The van der Waals surface area contributed by atoms with Gasteiger partial charge in [-0.2, -0.15) is 0 Å². The van der Waals surface area contributed by atoms with Gasteiger partial charge in [0.2, 0.25) is 0 Å². The fraction of sp³-hybridized carbons (Fsp3) is 0.840. The van der Waals surface area contributed by atoms with Gasteiger partial charge in [0.25, 0.3) is 0 Å². The van der Waals surface area contributed by atoms with Gasteiger partial charge in [-0.1, -0.05) is 0 Å². The van der Waals surface area contributed by atoms with Crippen molar-refractivity contribution in [2.75, 3.05) is 46.2 Å². The zero-order chi connectivity index (χ0) is 28.2. The normalized spacial score (nSPS) is 11.1. The number of hydrogen-bond donors (Lipinski definition) is 4. The van der Waals surface area contributed by atoms with E-state index >= 15 is 0 Å². The Kier molecular flexibility index (Phi) is 28.2. The first kappa shape index (κ1) is 36.9. The van der Waals surface area contributed by atoms with Gasteiger partial charge in [-0.15, -0.1) is 0 Å². The molecule has 37 heavy (non-hydrogen) atoms. The van der Waals surface area contributed by atoms with E-state index in [2.05, 4.69) is 9.47 Å². The van der Waals surface area contributed by atoms with Crippen molar-refractivity contribution in [3.05, 3.63) is 0 Å². The highest BCUT2D eigenvalue weighted by Crippen LogP contribution is 2.05. The van der Waals surface area contributed by atoms with Crippen LogP contribution in [0.25, 0.3) is 0 Å².